The highest BCUT2D eigenvalue weighted by Gasteiger charge is 2.47. The van der Waals surface area contributed by atoms with Crippen LogP contribution in [0.2, 0.25) is 5.02 Å². The Labute approximate surface area is 200 Å². The van der Waals surface area contributed by atoms with Crippen molar-refractivity contribution < 1.29 is 4.79 Å². The molecular weight excluding hydrogens is 438 g/mol. The first-order chi connectivity index (χ1) is 16.0. The monoisotopic (exact) mass is 469 g/mol. The van der Waals surface area contributed by atoms with E-state index in [1.165, 1.54) is 6.42 Å². The number of aromatic nitrogens is 4. The highest BCUT2D eigenvalue weighted by Crippen LogP contribution is 2.47. The molecule has 1 saturated carbocycles. The molecule has 3 heterocycles. The Morgan fingerprint density at radius 2 is 1.82 bits per heavy atom. The lowest BCUT2D eigenvalue weighted by Crippen LogP contribution is -2.29. The summed E-state index contributed by atoms with van der Waals surface area (Å²) in [6.07, 6.45) is 8.62. The summed E-state index contributed by atoms with van der Waals surface area (Å²) in [6, 6.07) is 9.23. The molecule has 9 heteroatoms. The number of urea groups is 1. The molecule has 2 aromatic heterocycles. The van der Waals surface area contributed by atoms with Crippen LogP contribution >= 0.6 is 11.6 Å². The van der Waals surface area contributed by atoms with Gasteiger partial charge in [0.1, 0.15) is 5.82 Å². The van der Waals surface area contributed by atoms with E-state index in [2.05, 4.69) is 39.4 Å². The molecule has 176 valence electrons. The number of rotatable bonds is 5. The van der Waals surface area contributed by atoms with Gasteiger partial charge in [0, 0.05) is 36.2 Å². The summed E-state index contributed by atoms with van der Waals surface area (Å²) in [6.45, 7) is 9.48. The van der Waals surface area contributed by atoms with Crippen molar-refractivity contribution in [3.63, 3.8) is 0 Å². The van der Waals surface area contributed by atoms with E-state index in [-0.39, 0.29) is 11.6 Å². The van der Waals surface area contributed by atoms with Gasteiger partial charge in [-0.25, -0.2) is 14.8 Å². The van der Waals surface area contributed by atoms with Gasteiger partial charge >= 0.3 is 6.03 Å². The Kier molecular flexibility index (Phi) is 8.27. The Hall–Kier alpha value is -3.13. The first-order valence-electron chi connectivity index (χ1n) is 11.5. The number of benzene rings is 1. The molecule has 0 bridgehead atoms. The number of nitrogens with zero attached hydrogens (tertiary/aromatic N) is 5. The van der Waals surface area contributed by atoms with E-state index < -0.39 is 0 Å². The van der Waals surface area contributed by atoms with Crippen LogP contribution in [-0.4, -0.2) is 38.6 Å². The average molecular weight is 470 g/mol. The summed E-state index contributed by atoms with van der Waals surface area (Å²) in [5.74, 6) is 1.09. The SMILES string of the molecule is CC.CCC.O=C1NCCN1c1ccnc(NC2(c3cn(-c4ccc(Cl)cc4)cn3)CC2)n1. The second-order valence-corrected chi connectivity index (χ2v) is 8.12. The van der Waals surface area contributed by atoms with Gasteiger partial charge in [0.05, 0.1) is 17.6 Å². The molecule has 8 nitrogen and oxygen atoms in total. The van der Waals surface area contributed by atoms with Gasteiger partial charge < -0.3 is 15.2 Å². The van der Waals surface area contributed by atoms with E-state index >= 15 is 0 Å². The van der Waals surface area contributed by atoms with Crippen LogP contribution < -0.4 is 15.5 Å². The lowest BCUT2D eigenvalue weighted by Gasteiger charge is -2.17. The van der Waals surface area contributed by atoms with Gasteiger partial charge in [-0.2, -0.15) is 4.98 Å². The van der Waals surface area contributed by atoms with Gasteiger partial charge in [-0.3, -0.25) is 4.90 Å². The lowest BCUT2D eigenvalue weighted by molar-refractivity contribution is 0.252. The summed E-state index contributed by atoms with van der Waals surface area (Å²) < 4.78 is 1.97. The molecule has 0 atom stereocenters. The molecule has 0 radical (unpaired) electrons. The van der Waals surface area contributed by atoms with Gasteiger partial charge in [-0.15, -0.1) is 0 Å². The third-order valence-corrected chi connectivity index (χ3v) is 5.32. The van der Waals surface area contributed by atoms with Crippen LogP contribution in [0.4, 0.5) is 16.6 Å². The van der Waals surface area contributed by atoms with E-state index in [0.717, 1.165) is 24.2 Å². The Balaban J connectivity index is 0.000000569. The summed E-state index contributed by atoms with van der Waals surface area (Å²) in [5, 5.41) is 6.90. The fraction of sp³-hybridized carbons (Fsp3) is 0.417. The number of carbonyl (C=O) groups is 1. The topological polar surface area (TPSA) is 88.0 Å². The molecule has 0 unspecified atom stereocenters. The fourth-order valence-electron chi connectivity index (χ4n) is 3.36. The van der Waals surface area contributed by atoms with Gasteiger partial charge in [0.15, 0.2) is 0 Å². The molecule has 2 aliphatic rings. The third kappa shape index (κ3) is 5.82. The van der Waals surface area contributed by atoms with E-state index in [0.29, 0.717) is 29.9 Å². The van der Waals surface area contributed by atoms with E-state index in [1.54, 1.807) is 23.5 Å². The molecule has 1 aliphatic heterocycles. The number of carbonyl (C=O) groups excluding carboxylic acids is 1. The molecule has 2 amide bonds. The summed E-state index contributed by atoms with van der Waals surface area (Å²) in [5.41, 5.74) is 1.66. The number of hydrogen-bond donors (Lipinski definition) is 2. The minimum Gasteiger partial charge on any atom is -0.343 e. The minimum atomic E-state index is -0.274. The molecule has 2 N–H and O–H groups in total. The van der Waals surface area contributed by atoms with Crippen molar-refractivity contribution in [2.24, 2.45) is 0 Å². The zero-order chi connectivity index (χ0) is 23.8. The number of anilines is 2. The predicted octanol–water partition coefficient (Wildman–Crippen LogP) is 5.39. The Bertz CT molecular complexity index is 1050. The highest BCUT2D eigenvalue weighted by atomic mass is 35.5. The van der Waals surface area contributed by atoms with Crippen LogP contribution in [0.5, 0.6) is 0 Å². The molecule has 5 rings (SSSR count). The molecule has 2 fully saturated rings. The number of nitrogens with one attached hydrogen (secondary N) is 2. The molecular formula is C24H32ClN7O. The highest BCUT2D eigenvalue weighted by molar-refractivity contribution is 6.30. The first-order valence-corrected chi connectivity index (χ1v) is 11.9. The zero-order valence-corrected chi connectivity index (χ0v) is 20.4. The van der Waals surface area contributed by atoms with Crippen molar-refractivity contribution in [2.45, 2.75) is 52.5 Å². The Morgan fingerprint density at radius 3 is 2.42 bits per heavy atom. The molecule has 1 aliphatic carbocycles. The van der Waals surface area contributed by atoms with Crippen molar-refractivity contribution in [2.75, 3.05) is 23.3 Å². The van der Waals surface area contributed by atoms with Crippen molar-refractivity contribution in [1.29, 1.82) is 0 Å². The molecule has 1 aromatic carbocycles. The van der Waals surface area contributed by atoms with Crippen LogP contribution in [0, 0.1) is 0 Å². The molecule has 0 spiro atoms. The maximum absolute atomic E-state index is 11.9. The van der Waals surface area contributed by atoms with Crippen LogP contribution in [0.1, 0.15) is 52.7 Å². The fourth-order valence-corrected chi connectivity index (χ4v) is 3.48. The Morgan fingerprint density at radius 1 is 1.12 bits per heavy atom. The standard InChI is InChI=1S/C19H18ClN7O.C3H8.C2H6/c20-13-1-3-14(4-2-13)26-11-15(23-12-26)19(6-7-19)25-17-21-8-5-16(24-17)27-10-9-22-18(27)28;1-3-2;1-2/h1-5,8,11-12H,6-7,9-10H2,(H,22,28)(H,21,24,25);3H2,1-2H3;1-2H3. The summed E-state index contributed by atoms with van der Waals surface area (Å²) in [7, 11) is 0. The van der Waals surface area contributed by atoms with E-state index in [4.69, 9.17) is 11.6 Å². The predicted molar refractivity (Wildman–Crippen MR) is 133 cm³/mol. The largest absolute Gasteiger partial charge is 0.343 e. The average Bonchev–Trinajstić information content (AvgIpc) is 3.22. The van der Waals surface area contributed by atoms with Gasteiger partial charge in [0.25, 0.3) is 0 Å². The number of imidazole rings is 1. The normalized spacial score (nSPS) is 15.5. The van der Waals surface area contributed by atoms with Crippen LogP contribution in [-0.2, 0) is 5.54 Å². The van der Waals surface area contributed by atoms with Gasteiger partial charge in [-0.05, 0) is 43.2 Å². The van der Waals surface area contributed by atoms with Crippen molar-refractivity contribution in [1.82, 2.24) is 24.8 Å². The van der Waals surface area contributed by atoms with Gasteiger partial charge in [0.2, 0.25) is 5.95 Å². The second-order valence-electron chi connectivity index (χ2n) is 7.68. The van der Waals surface area contributed by atoms with Crippen molar-refractivity contribution in [3.8, 4) is 5.69 Å². The third-order valence-electron chi connectivity index (χ3n) is 5.07. The van der Waals surface area contributed by atoms with E-state index in [1.807, 2.05) is 48.9 Å². The van der Waals surface area contributed by atoms with E-state index in [9.17, 15) is 4.79 Å². The van der Waals surface area contributed by atoms with Crippen LogP contribution in [0.3, 0.4) is 0 Å². The number of hydrogen-bond acceptors (Lipinski definition) is 5. The first kappa shape index (κ1) is 24.5. The maximum Gasteiger partial charge on any atom is 0.323 e. The number of amides is 2. The molecule has 1 saturated heterocycles. The van der Waals surface area contributed by atoms with Crippen LogP contribution in [0.15, 0.2) is 49.1 Å². The van der Waals surface area contributed by atoms with Crippen LogP contribution in [0.25, 0.3) is 5.69 Å². The minimum absolute atomic E-state index is 0.132. The smallest absolute Gasteiger partial charge is 0.323 e. The molecule has 33 heavy (non-hydrogen) atoms. The quantitative estimate of drug-likeness (QED) is 0.523. The summed E-state index contributed by atoms with van der Waals surface area (Å²) in [4.78, 5) is 26.9. The summed E-state index contributed by atoms with van der Waals surface area (Å²) >= 11 is 5.97. The van der Waals surface area contributed by atoms with Gasteiger partial charge in [-0.1, -0.05) is 45.7 Å². The second kappa shape index (κ2) is 11.1. The molecule has 3 aromatic rings. The van der Waals surface area contributed by atoms with Crippen molar-refractivity contribution in [3.05, 3.63) is 59.8 Å². The maximum atomic E-state index is 11.9. The number of halogens is 1. The van der Waals surface area contributed by atoms with Crippen molar-refractivity contribution >= 4 is 29.4 Å². The lowest BCUT2D eigenvalue weighted by atomic mass is 10.2. The zero-order valence-electron chi connectivity index (χ0n) is 19.7.